The zero-order chi connectivity index (χ0) is 20.3. The van der Waals surface area contributed by atoms with E-state index in [1.165, 1.54) is 0 Å². The molecule has 0 amide bonds. The first kappa shape index (κ1) is 19.4. The van der Waals surface area contributed by atoms with Gasteiger partial charge in [-0.25, -0.2) is 0 Å². The van der Waals surface area contributed by atoms with Crippen molar-refractivity contribution in [3.05, 3.63) is 59.0 Å². The highest BCUT2D eigenvalue weighted by molar-refractivity contribution is 5.60. The van der Waals surface area contributed by atoms with Gasteiger partial charge in [0, 0.05) is 17.3 Å². The van der Waals surface area contributed by atoms with E-state index in [9.17, 15) is 5.26 Å². The molecule has 4 N–H and O–H groups in total. The molecule has 2 aromatic rings. The number of benzene rings is 2. The molecule has 0 unspecified atom stereocenters. The van der Waals surface area contributed by atoms with Gasteiger partial charge in [0.1, 0.15) is 17.4 Å². The van der Waals surface area contributed by atoms with Crippen LogP contribution in [0.5, 0.6) is 17.2 Å². The Hall–Kier alpha value is -3.33. The van der Waals surface area contributed by atoms with Gasteiger partial charge in [-0.3, -0.25) is 0 Å². The smallest absolute Gasteiger partial charge is 0.205 e. The number of methoxy groups -OCH3 is 1. The second kappa shape index (κ2) is 8.13. The molecular formula is C22H25N3O3. The van der Waals surface area contributed by atoms with Crippen LogP contribution in [0.4, 0.5) is 5.69 Å². The van der Waals surface area contributed by atoms with Crippen molar-refractivity contribution in [3.63, 3.8) is 0 Å². The molecule has 0 saturated heterocycles. The summed E-state index contributed by atoms with van der Waals surface area (Å²) in [5.74, 6) is 2.11. The number of nitrogen functional groups attached to an aromatic ring is 1. The van der Waals surface area contributed by atoms with Crippen molar-refractivity contribution in [2.75, 3.05) is 19.5 Å². The lowest BCUT2D eigenvalue weighted by Gasteiger charge is -2.27. The first-order chi connectivity index (χ1) is 13.4. The molecule has 28 heavy (non-hydrogen) atoms. The zero-order valence-electron chi connectivity index (χ0n) is 16.4. The van der Waals surface area contributed by atoms with Crippen molar-refractivity contribution in [1.29, 1.82) is 5.26 Å². The van der Waals surface area contributed by atoms with Crippen LogP contribution in [0.2, 0.25) is 0 Å². The molecule has 0 spiro atoms. The molecule has 1 atom stereocenters. The van der Waals surface area contributed by atoms with E-state index in [4.69, 9.17) is 25.7 Å². The lowest BCUT2D eigenvalue weighted by atomic mass is 9.83. The number of nitriles is 1. The van der Waals surface area contributed by atoms with Crippen LogP contribution in [-0.2, 0) is 0 Å². The Labute approximate surface area is 165 Å². The first-order valence-corrected chi connectivity index (χ1v) is 9.22. The highest BCUT2D eigenvalue weighted by Gasteiger charge is 2.31. The summed E-state index contributed by atoms with van der Waals surface area (Å²) in [4.78, 5) is 0. The fourth-order valence-electron chi connectivity index (χ4n) is 3.20. The zero-order valence-corrected chi connectivity index (χ0v) is 16.4. The summed E-state index contributed by atoms with van der Waals surface area (Å²) in [5, 5.41) is 9.67. The molecule has 146 valence electrons. The molecule has 6 heteroatoms. The Bertz CT molecular complexity index is 945. The van der Waals surface area contributed by atoms with Gasteiger partial charge in [-0.1, -0.05) is 26.0 Å². The van der Waals surface area contributed by atoms with Gasteiger partial charge < -0.3 is 25.7 Å². The number of rotatable bonds is 6. The van der Waals surface area contributed by atoms with E-state index in [-0.39, 0.29) is 11.8 Å². The molecule has 1 aliphatic heterocycles. The van der Waals surface area contributed by atoms with Crippen LogP contribution in [0, 0.1) is 17.2 Å². The third-order valence-corrected chi connectivity index (χ3v) is 4.72. The average Bonchev–Trinajstić information content (AvgIpc) is 2.66. The molecule has 3 rings (SSSR count). The van der Waals surface area contributed by atoms with Crippen LogP contribution in [0.3, 0.4) is 0 Å². The number of hydrogen-bond acceptors (Lipinski definition) is 6. The average molecular weight is 379 g/mol. The Balaban J connectivity index is 2.01. The van der Waals surface area contributed by atoms with E-state index < -0.39 is 0 Å². The predicted molar refractivity (Wildman–Crippen MR) is 108 cm³/mol. The molecule has 0 saturated carbocycles. The number of fused-ring (bicyclic) bond motifs is 1. The minimum absolute atomic E-state index is 0.0850. The van der Waals surface area contributed by atoms with E-state index in [0.717, 1.165) is 17.5 Å². The Morgan fingerprint density at radius 3 is 2.61 bits per heavy atom. The van der Waals surface area contributed by atoms with Crippen molar-refractivity contribution < 1.29 is 14.2 Å². The van der Waals surface area contributed by atoms with Gasteiger partial charge in [0.2, 0.25) is 5.88 Å². The third-order valence-electron chi connectivity index (χ3n) is 4.72. The van der Waals surface area contributed by atoms with E-state index in [0.29, 0.717) is 41.0 Å². The molecule has 2 aromatic carbocycles. The quantitative estimate of drug-likeness (QED) is 0.737. The standard InChI is InChI=1S/C22H25N3O3/c1-13(2)8-9-27-18-7-4-14(10-20(18)26-3)21-16-6-5-15(24)11-19(16)28-22(25)17(21)12-23/h4-7,10-11,13,21H,8-9,24-25H2,1-3H3/t21-/m1/s1. The predicted octanol–water partition coefficient (Wildman–Crippen LogP) is 3.92. The molecule has 0 aromatic heterocycles. The van der Waals surface area contributed by atoms with Gasteiger partial charge in [-0.15, -0.1) is 0 Å². The van der Waals surface area contributed by atoms with E-state index >= 15 is 0 Å². The summed E-state index contributed by atoms with van der Waals surface area (Å²) in [7, 11) is 1.60. The maximum Gasteiger partial charge on any atom is 0.205 e. The van der Waals surface area contributed by atoms with Gasteiger partial charge in [-0.2, -0.15) is 5.26 Å². The molecule has 1 aliphatic rings. The van der Waals surface area contributed by atoms with Crippen molar-refractivity contribution in [3.8, 4) is 23.3 Å². The molecule has 6 nitrogen and oxygen atoms in total. The third kappa shape index (κ3) is 3.84. The molecule has 0 bridgehead atoms. The number of anilines is 1. The Kier molecular flexibility index (Phi) is 5.65. The number of nitrogens with two attached hydrogens (primary N) is 2. The van der Waals surface area contributed by atoms with Gasteiger partial charge >= 0.3 is 0 Å². The summed E-state index contributed by atoms with van der Waals surface area (Å²) in [6, 6.07) is 13.2. The molecule has 0 aliphatic carbocycles. The van der Waals surface area contributed by atoms with Crippen molar-refractivity contribution >= 4 is 5.69 Å². The molecule has 0 fully saturated rings. The summed E-state index contributed by atoms with van der Waals surface area (Å²) in [5.41, 5.74) is 14.5. The summed E-state index contributed by atoms with van der Waals surface area (Å²) >= 11 is 0. The maximum absolute atomic E-state index is 9.67. The highest BCUT2D eigenvalue weighted by atomic mass is 16.5. The second-order valence-corrected chi connectivity index (χ2v) is 7.16. The first-order valence-electron chi connectivity index (χ1n) is 9.22. The van der Waals surface area contributed by atoms with E-state index in [2.05, 4.69) is 19.9 Å². The largest absolute Gasteiger partial charge is 0.493 e. The summed E-state index contributed by atoms with van der Waals surface area (Å²) < 4.78 is 17.0. The number of allylic oxidation sites excluding steroid dienone is 1. The van der Waals surface area contributed by atoms with Crippen LogP contribution < -0.4 is 25.7 Å². The minimum atomic E-state index is -0.368. The number of hydrogen-bond donors (Lipinski definition) is 2. The normalized spacial score (nSPS) is 15.6. The van der Waals surface area contributed by atoms with Crippen LogP contribution in [-0.4, -0.2) is 13.7 Å². The monoisotopic (exact) mass is 379 g/mol. The SMILES string of the molecule is COc1cc([C@H]2C(C#N)=C(N)Oc3cc(N)ccc32)ccc1OCCC(C)C. The maximum atomic E-state index is 9.67. The fourth-order valence-corrected chi connectivity index (χ4v) is 3.20. The van der Waals surface area contributed by atoms with E-state index in [1.54, 1.807) is 19.2 Å². The van der Waals surface area contributed by atoms with Gasteiger partial charge in [0.15, 0.2) is 11.5 Å². The Morgan fingerprint density at radius 1 is 1.14 bits per heavy atom. The highest BCUT2D eigenvalue weighted by Crippen LogP contribution is 2.44. The second-order valence-electron chi connectivity index (χ2n) is 7.16. The van der Waals surface area contributed by atoms with Gasteiger partial charge in [0.25, 0.3) is 0 Å². The van der Waals surface area contributed by atoms with Gasteiger partial charge in [0.05, 0.1) is 19.6 Å². The summed E-state index contributed by atoms with van der Waals surface area (Å²) in [6.45, 7) is 4.92. The number of nitrogens with zero attached hydrogens (tertiary/aromatic N) is 1. The van der Waals surface area contributed by atoms with Crippen LogP contribution >= 0.6 is 0 Å². The van der Waals surface area contributed by atoms with Crippen LogP contribution in [0.25, 0.3) is 0 Å². The van der Waals surface area contributed by atoms with Crippen molar-refractivity contribution in [2.45, 2.75) is 26.2 Å². The lowest BCUT2D eigenvalue weighted by Crippen LogP contribution is -2.21. The number of ether oxygens (including phenoxy) is 3. The topological polar surface area (TPSA) is 104 Å². The van der Waals surface area contributed by atoms with E-state index in [1.807, 2.05) is 24.3 Å². The van der Waals surface area contributed by atoms with Crippen LogP contribution in [0.15, 0.2) is 47.9 Å². The van der Waals surface area contributed by atoms with Crippen LogP contribution in [0.1, 0.15) is 37.3 Å². The lowest BCUT2D eigenvalue weighted by molar-refractivity contribution is 0.273. The fraction of sp³-hybridized carbons (Fsp3) is 0.318. The summed E-state index contributed by atoms with van der Waals surface area (Å²) in [6.07, 6.45) is 0.956. The van der Waals surface area contributed by atoms with Crippen molar-refractivity contribution in [2.24, 2.45) is 11.7 Å². The minimum Gasteiger partial charge on any atom is -0.493 e. The molecular weight excluding hydrogens is 354 g/mol. The molecule has 0 radical (unpaired) electrons. The molecule has 1 heterocycles. The van der Waals surface area contributed by atoms with Gasteiger partial charge in [-0.05, 0) is 36.1 Å². The Morgan fingerprint density at radius 2 is 1.93 bits per heavy atom. The van der Waals surface area contributed by atoms with Crippen molar-refractivity contribution in [1.82, 2.24) is 0 Å².